The highest BCUT2D eigenvalue weighted by Crippen LogP contribution is 2.27. The van der Waals surface area contributed by atoms with Gasteiger partial charge in [-0.05, 0) is 32.4 Å². The average molecular weight is 318 g/mol. The Morgan fingerprint density at radius 1 is 1.25 bits per heavy atom. The topological polar surface area (TPSA) is 21.7 Å². The molecule has 0 N–H and O–H groups in total. The first-order valence-electron chi connectivity index (χ1n) is 7.00. The van der Waals surface area contributed by atoms with E-state index in [1.807, 2.05) is 0 Å². The average Bonchev–Trinajstić information content (AvgIpc) is 2.37. The van der Waals surface area contributed by atoms with Crippen LogP contribution < -0.4 is 4.74 Å². The third-order valence-electron chi connectivity index (χ3n) is 3.26. The van der Waals surface area contributed by atoms with Crippen molar-refractivity contribution in [2.45, 2.75) is 32.5 Å². The number of hydrogen-bond donors (Lipinski definition) is 0. The summed E-state index contributed by atoms with van der Waals surface area (Å²) < 4.78 is 11.4. The summed E-state index contributed by atoms with van der Waals surface area (Å²) >= 11 is 12.0. The molecule has 112 valence electrons. The van der Waals surface area contributed by atoms with Crippen molar-refractivity contribution in [2.24, 2.45) is 0 Å². The summed E-state index contributed by atoms with van der Waals surface area (Å²) in [6.07, 6.45) is 1.58. The molecule has 20 heavy (non-hydrogen) atoms. The van der Waals surface area contributed by atoms with Gasteiger partial charge >= 0.3 is 0 Å². The normalized spacial score (nSPS) is 23.8. The maximum Gasteiger partial charge on any atom is 0.139 e. The molecule has 0 amide bonds. The van der Waals surface area contributed by atoms with E-state index in [-0.39, 0.29) is 0 Å². The van der Waals surface area contributed by atoms with E-state index in [4.69, 9.17) is 32.7 Å². The lowest BCUT2D eigenvalue weighted by atomic mass is 10.2. The number of hydrogen-bond acceptors (Lipinski definition) is 3. The van der Waals surface area contributed by atoms with Crippen LogP contribution in [0.3, 0.4) is 0 Å². The number of benzene rings is 1. The molecule has 1 aromatic rings. The summed E-state index contributed by atoms with van der Waals surface area (Å²) in [6.45, 7) is 7.86. The molecule has 5 heteroatoms. The summed E-state index contributed by atoms with van der Waals surface area (Å²) in [6, 6.07) is 5.26. The van der Waals surface area contributed by atoms with Crippen LogP contribution in [0.15, 0.2) is 18.2 Å². The molecule has 2 atom stereocenters. The second-order valence-corrected chi connectivity index (χ2v) is 6.14. The fourth-order valence-corrected chi connectivity index (χ4v) is 2.86. The Balaban J connectivity index is 1.72. The van der Waals surface area contributed by atoms with E-state index in [0.29, 0.717) is 34.6 Å². The van der Waals surface area contributed by atoms with E-state index in [1.54, 1.807) is 18.2 Å². The molecule has 0 saturated carbocycles. The van der Waals surface area contributed by atoms with Gasteiger partial charge in [0.1, 0.15) is 5.75 Å². The minimum Gasteiger partial charge on any atom is -0.492 e. The van der Waals surface area contributed by atoms with Gasteiger partial charge in [0, 0.05) is 30.7 Å². The number of ether oxygens (including phenoxy) is 2. The van der Waals surface area contributed by atoms with Gasteiger partial charge in [0.05, 0.1) is 23.8 Å². The van der Waals surface area contributed by atoms with Crippen molar-refractivity contribution in [3.63, 3.8) is 0 Å². The number of rotatable bonds is 5. The van der Waals surface area contributed by atoms with Gasteiger partial charge in [-0.25, -0.2) is 0 Å². The Labute approximate surface area is 130 Å². The molecule has 2 rings (SSSR count). The maximum atomic E-state index is 6.05. The van der Waals surface area contributed by atoms with Crippen LogP contribution in [0.25, 0.3) is 0 Å². The lowest BCUT2D eigenvalue weighted by Gasteiger charge is -2.35. The molecule has 1 aliphatic heterocycles. The van der Waals surface area contributed by atoms with E-state index in [0.717, 1.165) is 26.1 Å². The molecule has 0 spiro atoms. The Morgan fingerprint density at radius 2 is 1.95 bits per heavy atom. The van der Waals surface area contributed by atoms with Gasteiger partial charge in [0.25, 0.3) is 0 Å². The van der Waals surface area contributed by atoms with Gasteiger partial charge in [-0.15, -0.1) is 0 Å². The highest BCUT2D eigenvalue weighted by molar-refractivity contribution is 6.34. The van der Waals surface area contributed by atoms with Crippen LogP contribution in [0.4, 0.5) is 0 Å². The highest BCUT2D eigenvalue weighted by Gasteiger charge is 2.21. The molecule has 1 heterocycles. The second-order valence-electron chi connectivity index (χ2n) is 5.29. The Hall–Kier alpha value is -0.480. The summed E-state index contributed by atoms with van der Waals surface area (Å²) in [5.74, 6) is 0.655. The predicted molar refractivity (Wildman–Crippen MR) is 83.0 cm³/mol. The largest absolute Gasteiger partial charge is 0.492 e. The first-order valence-corrected chi connectivity index (χ1v) is 7.76. The number of nitrogens with zero attached hydrogens (tertiary/aromatic N) is 1. The van der Waals surface area contributed by atoms with Crippen LogP contribution in [-0.4, -0.2) is 43.3 Å². The van der Waals surface area contributed by atoms with Crippen molar-refractivity contribution in [3.8, 4) is 5.75 Å². The molecule has 3 nitrogen and oxygen atoms in total. The molecule has 1 saturated heterocycles. The molecular formula is C15H21Cl2NO2. The third-order valence-corrected chi connectivity index (χ3v) is 3.81. The quantitative estimate of drug-likeness (QED) is 0.769. The second kappa shape index (κ2) is 7.51. The Morgan fingerprint density at radius 3 is 2.65 bits per heavy atom. The third kappa shape index (κ3) is 4.81. The van der Waals surface area contributed by atoms with Crippen LogP contribution in [0, 0.1) is 0 Å². The van der Waals surface area contributed by atoms with Gasteiger partial charge in [-0.3, -0.25) is 4.90 Å². The van der Waals surface area contributed by atoms with Crippen molar-refractivity contribution < 1.29 is 9.47 Å². The highest BCUT2D eigenvalue weighted by atomic mass is 35.5. The fraction of sp³-hybridized carbons (Fsp3) is 0.600. The van der Waals surface area contributed by atoms with Gasteiger partial charge in [-0.2, -0.15) is 0 Å². The van der Waals surface area contributed by atoms with Crippen LogP contribution >= 0.6 is 23.2 Å². The lowest BCUT2D eigenvalue weighted by molar-refractivity contribution is -0.0686. The zero-order chi connectivity index (χ0) is 14.5. The zero-order valence-corrected chi connectivity index (χ0v) is 13.5. The van der Waals surface area contributed by atoms with Gasteiger partial charge in [0.15, 0.2) is 0 Å². The van der Waals surface area contributed by atoms with Crippen molar-refractivity contribution >= 4 is 23.2 Å². The van der Waals surface area contributed by atoms with Crippen molar-refractivity contribution in [3.05, 3.63) is 28.2 Å². The molecule has 0 unspecified atom stereocenters. The van der Waals surface area contributed by atoms with E-state index in [1.165, 1.54) is 0 Å². The number of halogens is 2. The smallest absolute Gasteiger partial charge is 0.139 e. The molecule has 0 aliphatic carbocycles. The first-order chi connectivity index (χ1) is 9.54. The monoisotopic (exact) mass is 317 g/mol. The SMILES string of the molecule is C[C@@H]1CN(CCCOc2cc(Cl)ccc2Cl)C[C@@H](C)O1. The van der Waals surface area contributed by atoms with E-state index >= 15 is 0 Å². The standard InChI is InChI=1S/C15H21Cl2NO2/c1-11-9-18(10-12(2)20-11)6-3-7-19-15-8-13(16)4-5-14(15)17/h4-5,8,11-12H,3,6-7,9-10H2,1-2H3/t11-,12-/m1/s1. The first kappa shape index (κ1) is 15.9. The van der Waals surface area contributed by atoms with E-state index in [9.17, 15) is 0 Å². The summed E-state index contributed by atoms with van der Waals surface area (Å²) in [5, 5.41) is 1.24. The summed E-state index contributed by atoms with van der Waals surface area (Å²) in [7, 11) is 0. The molecule has 0 aromatic heterocycles. The summed E-state index contributed by atoms with van der Waals surface area (Å²) in [4.78, 5) is 2.42. The number of morpholine rings is 1. The van der Waals surface area contributed by atoms with E-state index in [2.05, 4.69) is 18.7 Å². The molecule has 0 bridgehead atoms. The molecule has 1 fully saturated rings. The zero-order valence-electron chi connectivity index (χ0n) is 11.9. The summed E-state index contributed by atoms with van der Waals surface area (Å²) in [5.41, 5.74) is 0. The van der Waals surface area contributed by atoms with Gasteiger partial charge in [-0.1, -0.05) is 23.2 Å². The van der Waals surface area contributed by atoms with Crippen molar-refractivity contribution in [1.29, 1.82) is 0 Å². The Bertz CT molecular complexity index is 432. The van der Waals surface area contributed by atoms with E-state index < -0.39 is 0 Å². The molecule has 1 aromatic carbocycles. The molecule has 0 radical (unpaired) electrons. The predicted octanol–water partition coefficient (Wildman–Crippen LogP) is 3.87. The Kier molecular flexibility index (Phi) is 5.97. The van der Waals surface area contributed by atoms with Crippen molar-refractivity contribution in [2.75, 3.05) is 26.2 Å². The fourth-order valence-electron chi connectivity index (χ4n) is 2.53. The lowest BCUT2D eigenvalue weighted by Crippen LogP contribution is -2.45. The maximum absolute atomic E-state index is 6.05. The minimum absolute atomic E-state index is 0.307. The van der Waals surface area contributed by atoms with Crippen LogP contribution in [-0.2, 0) is 4.74 Å². The molecular weight excluding hydrogens is 297 g/mol. The van der Waals surface area contributed by atoms with Gasteiger partial charge < -0.3 is 9.47 Å². The van der Waals surface area contributed by atoms with Crippen LogP contribution in [0.2, 0.25) is 10.0 Å². The van der Waals surface area contributed by atoms with Crippen LogP contribution in [0.1, 0.15) is 20.3 Å². The van der Waals surface area contributed by atoms with Crippen LogP contribution in [0.5, 0.6) is 5.75 Å². The van der Waals surface area contributed by atoms with Gasteiger partial charge in [0.2, 0.25) is 0 Å². The minimum atomic E-state index is 0.307. The van der Waals surface area contributed by atoms with Crippen molar-refractivity contribution in [1.82, 2.24) is 4.90 Å². The molecule has 1 aliphatic rings.